The molecule has 0 bridgehead atoms. The molecular weight excluding hydrogens is 280 g/mol. The average molecular weight is 302 g/mol. The predicted molar refractivity (Wildman–Crippen MR) is 82.9 cm³/mol. The molecule has 2 aromatic rings. The van der Waals surface area contributed by atoms with Crippen LogP contribution >= 0.6 is 0 Å². The molecule has 0 spiro atoms. The Morgan fingerprint density at radius 3 is 2.73 bits per heavy atom. The molecule has 1 amide bonds. The van der Waals surface area contributed by atoms with Crippen LogP contribution in [-0.4, -0.2) is 37.8 Å². The Balaban J connectivity index is 1.89. The van der Waals surface area contributed by atoms with Gasteiger partial charge in [0.1, 0.15) is 5.56 Å². The lowest BCUT2D eigenvalue weighted by atomic mass is 10.0. The van der Waals surface area contributed by atoms with E-state index in [1.165, 1.54) is 0 Å². The van der Waals surface area contributed by atoms with Gasteiger partial charge in [-0.1, -0.05) is 12.8 Å². The van der Waals surface area contributed by atoms with Crippen molar-refractivity contribution >= 4 is 11.6 Å². The fraction of sp³-hybridized carbons (Fsp3) is 0.562. The van der Waals surface area contributed by atoms with E-state index in [4.69, 9.17) is 0 Å². The Bertz CT molecular complexity index is 729. The number of nitrogens with one attached hydrogen (secondary N) is 1. The van der Waals surface area contributed by atoms with Crippen LogP contribution in [0.15, 0.2) is 6.07 Å². The molecule has 0 aliphatic heterocycles. The maximum atomic E-state index is 12.5. The third-order valence-corrected chi connectivity index (χ3v) is 4.41. The molecule has 1 aliphatic rings. The van der Waals surface area contributed by atoms with Gasteiger partial charge in [-0.2, -0.15) is 5.10 Å². The van der Waals surface area contributed by atoms with Crippen molar-refractivity contribution in [1.29, 1.82) is 0 Å². The van der Waals surface area contributed by atoms with Gasteiger partial charge in [-0.05, 0) is 39.7 Å². The molecule has 0 aromatic carbocycles. The van der Waals surface area contributed by atoms with Crippen LogP contribution in [0, 0.1) is 20.8 Å². The molecule has 6 heteroatoms. The average Bonchev–Trinajstić information content (AvgIpc) is 3.01. The fourth-order valence-corrected chi connectivity index (χ4v) is 3.24. The second-order valence-electron chi connectivity index (χ2n) is 6.35. The number of fused-ring (bicyclic) bond motifs is 1. The topological polar surface area (TPSA) is 79.5 Å². The number of amides is 1. The van der Waals surface area contributed by atoms with Gasteiger partial charge in [0.05, 0.1) is 11.3 Å². The van der Waals surface area contributed by atoms with Crippen LogP contribution in [-0.2, 0) is 0 Å². The minimum absolute atomic E-state index is 0.217. The van der Waals surface area contributed by atoms with Gasteiger partial charge in [-0.15, -0.1) is 0 Å². The Hall–Kier alpha value is -1.95. The zero-order valence-electron chi connectivity index (χ0n) is 13.3. The van der Waals surface area contributed by atoms with Crippen molar-refractivity contribution in [2.24, 2.45) is 0 Å². The second-order valence-corrected chi connectivity index (χ2v) is 6.35. The van der Waals surface area contributed by atoms with Crippen molar-refractivity contribution < 1.29 is 9.90 Å². The molecule has 118 valence electrons. The minimum atomic E-state index is -0.758. The summed E-state index contributed by atoms with van der Waals surface area (Å²) in [6.45, 7) is 5.94. The molecule has 22 heavy (non-hydrogen) atoms. The van der Waals surface area contributed by atoms with Gasteiger partial charge in [0.25, 0.3) is 5.91 Å². The van der Waals surface area contributed by atoms with Gasteiger partial charge in [-0.3, -0.25) is 4.79 Å². The molecular formula is C16H22N4O2. The van der Waals surface area contributed by atoms with Crippen LogP contribution in [0.3, 0.4) is 0 Å². The standard InChI is InChI=1S/C16H22N4O2/c1-10-8-11(2)20-14(18-10)13(12(3)19-20)15(21)17-9-16(22)6-4-5-7-16/h8,22H,4-7,9H2,1-3H3,(H,17,21). The van der Waals surface area contributed by atoms with Crippen LogP contribution < -0.4 is 5.32 Å². The summed E-state index contributed by atoms with van der Waals surface area (Å²) >= 11 is 0. The second kappa shape index (κ2) is 5.35. The predicted octanol–water partition coefficient (Wildman–Crippen LogP) is 1.69. The number of carbonyl (C=O) groups is 1. The number of aromatic nitrogens is 3. The summed E-state index contributed by atoms with van der Waals surface area (Å²) in [4.78, 5) is 17.0. The molecule has 1 aliphatic carbocycles. The molecule has 0 radical (unpaired) electrons. The molecule has 1 saturated carbocycles. The highest BCUT2D eigenvalue weighted by Crippen LogP contribution is 2.28. The summed E-state index contributed by atoms with van der Waals surface area (Å²) in [5, 5.41) is 17.6. The van der Waals surface area contributed by atoms with E-state index in [0.717, 1.165) is 37.1 Å². The number of hydrogen-bond donors (Lipinski definition) is 2. The quantitative estimate of drug-likeness (QED) is 0.904. The summed E-state index contributed by atoms with van der Waals surface area (Å²) < 4.78 is 1.70. The van der Waals surface area contributed by atoms with Gasteiger partial charge in [0.2, 0.25) is 0 Å². The number of hydrogen-bond acceptors (Lipinski definition) is 4. The van der Waals surface area contributed by atoms with Gasteiger partial charge in [-0.25, -0.2) is 9.50 Å². The minimum Gasteiger partial charge on any atom is -0.388 e. The van der Waals surface area contributed by atoms with Crippen molar-refractivity contribution in [3.05, 3.63) is 28.7 Å². The number of carbonyl (C=O) groups excluding carboxylic acids is 1. The zero-order valence-corrected chi connectivity index (χ0v) is 13.3. The maximum absolute atomic E-state index is 12.5. The van der Waals surface area contributed by atoms with E-state index in [-0.39, 0.29) is 12.5 Å². The first-order valence-electron chi connectivity index (χ1n) is 7.74. The highest BCUT2D eigenvalue weighted by Gasteiger charge is 2.32. The fourth-order valence-electron chi connectivity index (χ4n) is 3.24. The van der Waals surface area contributed by atoms with Crippen LogP contribution in [0.1, 0.15) is 53.1 Å². The van der Waals surface area contributed by atoms with E-state index < -0.39 is 5.60 Å². The summed E-state index contributed by atoms with van der Waals surface area (Å²) in [6.07, 6.45) is 3.53. The van der Waals surface area contributed by atoms with Crippen molar-refractivity contribution in [3.63, 3.8) is 0 Å². The van der Waals surface area contributed by atoms with E-state index in [9.17, 15) is 9.90 Å². The largest absolute Gasteiger partial charge is 0.388 e. The van der Waals surface area contributed by atoms with Crippen molar-refractivity contribution in [2.75, 3.05) is 6.54 Å². The molecule has 3 rings (SSSR count). The van der Waals surface area contributed by atoms with Crippen LogP contribution in [0.2, 0.25) is 0 Å². The first kappa shape index (κ1) is 15.0. The molecule has 2 N–H and O–H groups in total. The number of rotatable bonds is 3. The van der Waals surface area contributed by atoms with E-state index in [0.29, 0.717) is 16.9 Å². The zero-order chi connectivity index (χ0) is 15.9. The Kier molecular flexibility index (Phi) is 3.64. The smallest absolute Gasteiger partial charge is 0.257 e. The number of aryl methyl sites for hydroxylation is 3. The van der Waals surface area contributed by atoms with Gasteiger partial charge >= 0.3 is 0 Å². The molecule has 2 heterocycles. The first-order valence-corrected chi connectivity index (χ1v) is 7.74. The third kappa shape index (κ3) is 2.59. The molecule has 0 saturated heterocycles. The summed E-state index contributed by atoms with van der Waals surface area (Å²) in [5.74, 6) is -0.217. The molecule has 2 aromatic heterocycles. The Morgan fingerprint density at radius 2 is 2.05 bits per heavy atom. The number of aliphatic hydroxyl groups is 1. The third-order valence-electron chi connectivity index (χ3n) is 4.41. The summed E-state index contributed by atoms with van der Waals surface area (Å²) in [5.41, 5.74) is 2.76. The Morgan fingerprint density at radius 1 is 1.36 bits per heavy atom. The lowest BCUT2D eigenvalue weighted by Gasteiger charge is -2.22. The monoisotopic (exact) mass is 302 g/mol. The normalized spacial score (nSPS) is 17.1. The number of nitrogens with zero attached hydrogens (tertiary/aromatic N) is 3. The maximum Gasteiger partial charge on any atom is 0.257 e. The van der Waals surface area contributed by atoms with E-state index >= 15 is 0 Å². The molecule has 0 unspecified atom stereocenters. The molecule has 0 atom stereocenters. The lowest BCUT2D eigenvalue weighted by molar-refractivity contribution is 0.0450. The van der Waals surface area contributed by atoms with Crippen LogP contribution in [0.5, 0.6) is 0 Å². The Labute approximate surface area is 129 Å². The SMILES string of the molecule is Cc1cc(C)n2nc(C)c(C(=O)NCC3(O)CCCC3)c2n1. The first-order chi connectivity index (χ1) is 10.4. The van der Waals surface area contributed by atoms with Gasteiger partial charge in [0, 0.05) is 17.9 Å². The summed E-state index contributed by atoms with van der Waals surface area (Å²) in [7, 11) is 0. The van der Waals surface area contributed by atoms with E-state index in [2.05, 4.69) is 15.4 Å². The van der Waals surface area contributed by atoms with Crippen molar-refractivity contribution in [1.82, 2.24) is 19.9 Å². The highest BCUT2D eigenvalue weighted by molar-refractivity contribution is 6.01. The summed E-state index contributed by atoms with van der Waals surface area (Å²) in [6, 6.07) is 1.93. The van der Waals surface area contributed by atoms with Gasteiger partial charge < -0.3 is 10.4 Å². The van der Waals surface area contributed by atoms with Crippen LogP contribution in [0.4, 0.5) is 0 Å². The van der Waals surface area contributed by atoms with Gasteiger partial charge in [0.15, 0.2) is 5.65 Å². The molecule has 6 nitrogen and oxygen atoms in total. The molecule has 1 fully saturated rings. The van der Waals surface area contributed by atoms with E-state index in [1.807, 2.05) is 26.8 Å². The highest BCUT2D eigenvalue weighted by atomic mass is 16.3. The van der Waals surface area contributed by atoms with E-state index in [1.54, 1.807) is 4.52 Å². The van der Waals surface area contributed by atoms with Crippen molar-refractivity contribution in [3.8, 4) is 0 Å². The van der Waals surface area contributed by atoms with Crippen molar-refractivity contribution in [2.45, 2.75) is 52.1 Å². The van der Waals surface area contributed by atoms with Crippen LogP contribution in [0.25, 0.3) is 5.65 Å². The lowest BCUT2D eigenvalue weighted by Crippen LogP contribution is -2.40.